The van der Waals surface area contributed by atoms with E-state index in [0.717, 1.165) is 6.42 Å². The number of benzene rings is 1. The highest BCUT2D eigenvalue weighted by molar-refractivity contribution is 9.10. The molecule has 1 unspecified atom stereocenters. The molecule has 0 fully saturated rings. The zero-order chi connectivity index (χ0) is 10.6. The molecule has 0 aliphatic heterocycles. The van der Waals surface area contributed by atoms with Crippen LogP contribution in [0.1, 0.15) is 19.4 Å². The Morgan fingerprint density at radius 3 is 2.43 bits per heavy atom. The number of hydrogen-bond acceptors (Lipinski definition) is 1. The molecule has 0 aliphatic carbocycles. The molecule has 0 bridgehead atoms. The largest absolute Gasteiger partial charge is 0.316 e. The highest BCUT2D eigenvalue weighted by Gasteiger charge is 2.12. The lowest BCUT2D eigenvalue weighted by Crippen LogP contribution is -2.32. The molecule has 0 saturated heterocycles. The van der Waals surface area contributed by atoms with Crippen LogP contribution in [0.5, 0.6) is 0 Å². The summed E-state index contributed by atoms with van der Waals surface area (Å²) in [4.78, 5) is 0. The minimum Gasteiger partial charge on any atom is -0.316 e. The SMILES string of the molecule is CNC(Cc1ccccc1Br)C(C)C. The summed E-state index contributed by atoms with van der Waals surface area (Å²) in [6, 6.07) is 8.97. The minimum absolute atomic E-state index is 0.550. The van der Waals surface area contributed by atoms with Crippen molar-refractivity contribution in [3.63, 3.8) is 0 Å². The van der Waals surface area contributed by atoms with Crippen molar-refractivity contribution in [1.29, 1.82) is 0 Å². The lowest BCUT2D eigenvalue weighted by molar-refractivity contribution is 0.424. The molecule has 2 heteroatoms. The van der Waals surface area contributed by atoms with Gasteiger partial charge in [-0.25, -0.2) is 0 Å². The average Bonchev–Trinajstić information content (AvgIpc) is 2.16. The van der Waals surface area contributed by atoms with Gasteiger partial charge >= 0.3 is 0 Å². The number of hydrogen-bond donors (Lipinski definition) is 1. The van der Waals surface area contributed by atoms with Crippen molar-refractivity contribution in [2.24, 2.45) is 5.92 Å². The number of likely N-dealkylation sites (N-methyl/N-ethyl adjacent to an activating group) is 1. The average molecular weight is 256 g/mol. The van der Waals surface area contributed by atoms with Gasteiger partial charge in [-0.15, -0.1) is 0 Å². The van der Waals surface area contributed by atoms with E-state index in [4.69, 9.17) is 0 Å². The molecular weight excluding hydrogens is 238 g/mol. The normalized spacial score (nSPS) is 13.2. The molecule has 1 atom stereocenters. The first-order chi connectivity index (χ1) is 6.65. The summed E-state index contributed by atoms with van der Waals surface area (Å²) in [6.07, 6.45) is 1.08. The molecule has 78 valence electrons. The van der Waals surface area contributed by atoms with Gasteiger partial charge in [0, 0.05) is 10.5 Å². The zero-order valence-electron chi connectivity index (χ0n) is 9.05. The second-order valence-corrected chi connectivity index (χ2v) is 4.79. The second-order valence-electron chi connectivity index (χ2n) is 3.93. The molecule has 1 aromatic rings. The van der Waals surface area contributed by atoms with Gasteiger partial charge in [-0.05, 0) is 31.0 Å². The molecule has 0 aromatic heterocycles. The fourth-order valence-electron chi connectivity index (χ4n) is 1.57. The fraction of sp³-hybridized carbons (Fsp3) is 0.500. The van der Waals surface area contributed by atoms with Crippen LogP contribution in [-0.4, -0.2) is 13.1 Å². The fourth-order valence-corrected chi connectivity index (χ4v) is 2.02. The molecule has 1 nitrogen and oxygen atoms in total. The lowest BCUT2D eigenvalue weighted by Gasteiger charge is -2.20. The molecule has 1 rings (SSSR count). The molecule has 14 heavy (non-hydrogen) atoms. The molecule has 1 N–H and O–H groups in total. The van der Waals surface area contributed by atoms with E-state index < -0.39 is 0 Å². The summed E-state index contributed by atoms with van der Waals surface area (Å²) in [5.41, 5.74) is 1.38. The van der Waals surface area contributed by atoms with Gasteiger partial charge in [-0.3, -0.25) is 0 Å². The molecule has 0 aliphatic rings. The Kier molecular flexibility index (Phi) is 4.63. The predicted molar refractivity (Wildman–Crippen MR) is 65.5 cm³/mol. The molecule has 0 amide bonds. The maximum Gasteiger partial charge on any atom is 0.0207 e. The summed E-state index contributed by atoms with van der Waals surface area (Å²) in [5.74, 6) is 0.659. The van der Waals surface area contributed by atoms with Crippen LogP contribution in [0.2, 0.25) is 0 Å². The smallest absolute Gasteiger partial charge is 0.0207 e. The van der Waals surface area contributed by atoms with Gasteiger partial charge in [0.2, 0.25) is 0 Å². The van der Waals surface area contributed by atoms with Crippen molar-refractivity contribution < 1.29 is 0 Å². The van der Waals surface area contributed by atoms with E-state index in [2.05, 4.69) is 59.4 Å². The van der Waals surface area contributed by atoms with E-state index in [1.807, 2.05) is 7.05 Å². The first-order valence-electron chi connectivity index (χ1n) is 5.05. The van der Waals surface area contributed by atoms with Crippen LogP contribution < -0.4 is 5.32 Å². The van der Waals surface area contributed by atoms with Gasteiger partial charge in [0.1, 0.15) is 0 Å². The number of halogens is 1. The van der Waals surface area contributed by atoms with E-state index in [-0.39, 0.29) is 0 Å². The maximum absolute atomic E-state index is 3.58. The van der Waals surface area contributed by atoms with Crippen molar-refractivity contribution in [3.05, 3.63) is 34.3 Å². The van der Waals surface area contributed by atoms with Crippen molar-refractivity contribution >= 4 is 15.9 Å². The standard InChI is InChI=1S/C12H18BrN/c1-9(2)12(14-3)8-10-6-4-5-7-11(10)13/h4-7,9,12,14H,8H2,1-3H3. The third-order valence-corrected chi connectivity index (χ3v) is 3.35. The van der Waals surface area contributed by atoms with E-state index in [1.165, 1.54) is 10.0 Å². The first kappa shape index (κ1) is 11.7. The zero-order valence-corrected chi connectivity index (χ0v) is 10.6. The Balaban J connectivity index is 2.72. The Morgan fingerprint density at radius 1 is 1.29 bits per heavy atom. The van der Waals surface area contributed by atoms with Crippen molar-refractivity contribution in [2.75, 3.05) is 7.05 Å². The Labute approximate surface area is 95.0 Å². The highest BCUT2D eigenvalue weighted by atomic mass is 79.9. The van der Waals surface area contributed by atoms with E-state index in [1.54, 1.807) is 0 Å². The van der Waals surface area contributed by atoms with Crippen LogP contribution in [0.25, 0.3) is 0 Å². The number of rotatable bonds is 4. The summed E-state index contributed by atoms with van der Waals surface area (Å²) in [7, 11) is 2.03. The van der Waals surface area contributed by atoms with Crippen LogP contribution in [0.4, 0.5) is 0 Å². The monoisotopic (exact) mass is 255 g/mol. The molecule has 0 heterocycles. The third-order valence-electron chi connectivity index (χ3n) is 2.57. The van der Waals surface area contributed by atoms with Crippen molar-refractivity contribution in [1.82, 2.24) is 5.32 Å². The molecule has 0 saturated carbocycles. The molecular formula is C12H18BrN. The van der Waals surface area contributed by atoms with E-state index in [0.29, 0.717) is 12.0 Å². The quantitative estimate of drug-likeness (QED) is 0.872. The Hall–Kier alpha value is -0.340. The third kappa shape index (κ3) is 3.10. The van der Waals surface area contributed by atoms with Crippen LogP contribution in [0, 0.1) is 5.92 Å². The Bertz CT molecular complexity index is 283. The van der Waals surface area contributed by atoms with Crippen LogP contribution in [0.15, 0.2) is 28.7 Å². The summed E-state index contributed by atoms with van der Waals surface area (Å²) >= 11 is 3.58. The van der Waals surface area contributed by atoms with Crippen LogP contribution >= 0.6 is 15.9 Å². The topological polar surface area (TPSA) is 12.0 Å². The lowest BCUT2D eigenvalue weighted by atomic mass is 9.97. The van der Waals surface area contributed by atoms with E-state index >= 15 is 0 Å². The summed E-state index contributed by atoms with van der Waals surface area (Å²) in [5, 5.41) is 3.36. The van der Waals surface area contributed by atoms with Crippen LogP contribution in [0.3, 0.4) is 0 Å². The van der Waals surface area contributed by atoms with Gasteiger partial charge < -0.3 is 5.32 Å². The van der Waals surface area contributed by atoms with Gasteiger partial charge in [0.15, 0.2) is 0 Å². The minimum atomic E-state index is 0.550. The predicted octanol–water partition coefficient (Wildman–Crippen LogP) is 3.24. The van der Waals surface area contributed by atoms with Gasteiger partial charge in [-0.2, -0.15) is 0 Å². The van der Waals surface area contributed by atoms with Gasteiger partial charge in [0.05, 0.1) is 0 Å². The van der Waals surface area contributed by atoms with Crippen molar-refractivity contribution in [3.8, 4) is 0 Å². The molecule has 0 spiro atoms. The summed E-state index contributed by atoms with van der Waals surface area (Å²) < 4.78 is 1.21. The second kappa shape index (κ2) is 5.52. The summed E-state index contributed by atoms with van der Waals surface area (Å²) in [6.45, 7) is 4.50. The van der Waals surface area contributed by atoms with Crippen LogP contribution in [-0.2, 0) is 6.42 Å². The van der Waals surface area contributed by atoms with E-state index in [9.17, 15) is 0 Å². The maximum atomic E-state index is 3.58. The van der Waals surface area contributed by atoms with Crippen molar-refractivity contribution in [2.45, 2.75) is 26.3 Å². The van der Waals surface area contributed by atoms with Gasteiger partial charge in [-0.1, -0.05) is 48.0 Å². The molecule has 1 aromatic carbocycles. The molecule has 0 radical (unpaired) electrons. The number of nitrogens with one attached hydrogen (secondary N) is 1. The van der Waals surface area contributed by atoms with Gasteiger partial charge in [0.25, 0.3) is 0 Å². The Morgan fingerprint density at radius 2 is 1.93 bits per heavy atom. The highest BCUT2D eigenvalue weighted by Crippen LogP contribution is 2.19. The first-order valence-corrected chi connectivity index (χ1v) is 5.85.